The highest BCUT2D eigenvalue weighted by molar-refractivity contribution is 6.05. The van der Waals surface area contributed by atoms with E-state index in [9.17, 15) is 9.59 Å². The van der Waals surface area contributed by atoms with Crippen LogP contribution in [0.25, 0.3) is 0 Å². The summed E-state index contributed by atoms with van der Waals surface area (Å²) < 4.78 is 16.0. The Morgan fingerprint density at radius 2 is 1.72 bits per heavy atom. The molecule has 32 heavy (non-hydrogen) atoms. The van der Waals surface area contributed by atoms with Gasteiger partial charge >= 0.3 is 0 Å². The summed E-state index contributed by atoms with van der Waals surface area (Å²) in [6, 6.07) is 12.8. The van der Waals surface area contributed by atoms with Crippen molar-refractivity contribution < 1.29 is 23.8 Å². The lowest BCUT2D eigenvalue weighted by atomic mass is 9.71. The number of ether oxygens (including phenoxy) is 3. The molecular formula is C25H30N2O5. The fourth-order valence-electron chi connectivity index (χ4n) is 5.27. The maximum Gasteiger partial charge on any atom is 0.254 e. The molecule has 2 aromatic carbocycles. The van der Waals surface area contributed by atoms with Crippen molar-refractivity contribution in [1.29, 1.82) is 0 Å². The first-order valence-electron chi connectivity index (χ1n) is 11.0. The van der Waals surface area contributed by atoms with Crippen LogP contribution in [0.2, 0.25) is 0 Å². The van der Waals surface area contributed by atoms with Crippen LogP contribution in [-0.4, -0.2) is 56.7 Å². The maximum atomic E-state index is 13.9. The van der Waals surface area contributed by atoms with Crippen LogP contribution in [0, 0.1) is 0 Å². The lowest BCUT2D eigenvalue weighted by molar-refractivity contribution is -0.121. The zero-order valence-electron chi connectivity index (χ0n) is 18.8. The third kappa shape index (κ3) is 3.81. The number of anilines is 1. The first kappa shape index (κ1) is 22.1. The molecule has 7 nitrogen and oxygen atoms in total. The Kier molecular flexibility index (Phi) is 6.37. The number of hydrogen-bond donors (Lipinski definition) is 1. The molecule has 0 saturated heterocycles. The van der Waals surface area contributed by atoms with Crippen molar-refractivity contribution in [2.45, 2.75) is 37.1 Å². The van der Waals surface area contributed by atoms with E-state index in [0.717, 1.165) is 31.2 Å². The van der Waals surface area contributed by atoms with E-state index in [2.05, 4.69) is 5.32 Å². The molecule has 1 spiro atoms. The number of nitrogens with one attached hydrogen (secondary N) is 1. The van der Waals surface area contributed by atoms with Crippen LogP contribution >= 0.6 is 0 Å². The van der Waals surface area contributed by atoms with E-state index in [-0.39, 0.29) is 11.8 Å². The number of benzene rings is 2. The van der Waals surface area contributed by atoms with E-state index < -0.39 is 11.5 Å². The number of amides is 2. The van der Waals surface area contributed by atoms with Crippen molar-refractivity contribution >= 4 is 17.5 Å². The van der Waals surface area contributed by atoms with Gasteiger partial charge in [0, 0.05) is 43.1 Å². The minimum Gasteiger partial charge on any atom is -0.497 e. The first-order valence-corrected chi connectivity index (χ1v) is 11.0. The van der Waals surface area contributed by atoms with Gasteiger partial charge in [0.05, 0.1) is 32.3 Å². The summed E-state index contributed by atoms with van der Waals surface area (Å²) in [6.07, 6.45) is 3.54. The van der Waals surface area contributed by atoms with E-state index >= 15 is 0 Å². The van der Waals surface area contributed by atoms with Crippen LogP contribution in [0.4, 0.5) is 5.69 Å². The normalized spacial score (nSPS) is 19.0. The average Bonchev–Trinajstić information content (AvgIpc) is 3.28. The van der Waals surface area contributed by atoms with Crippen molar-refractivity contribution in [3.8, 4) is 11.5 Å². The van der Waals surface area contributed by atoms with Crippen LogP contribution in [0.5, 0.6) is 11.5 Å². The fourth-order valence-corrected chi connectivity index (χ4v) is 5.27. The van der Waals surface area contributed by atoms with Gasteiger partial charge in [0.2, 0.25) is 5.91 Å². The molecular weight excluding hydrogens is 408 g/mol. The predicted octanol–water partition coefficient (Wildman–Crippen LogP) is 3.84. The number of carbonyl (C=O) groups excluding carboxylic acids is 2. The molecule has 1 atom stereocenters. The summed E-state index contributed by atoms with van der Waals surface area (Å²) in [6.45, 7) is 0.886. The summed E-state index contributed by atoms with van der Waals surface area (Å²) in [5.41, 5.74) is 1.42. The van der Waals surface area contributed by atoms with Crippen LogP contribution in [0.3, 0.4) is 0 Å². The molecule has 1 aliphatic heterocycles. The van der Waals surface area contributed by atoms with Crippen molar-refractivity contribution in [3.63, 3.8) is 0 Å². The Morgan fingerprint density at radius 3 is 2.34 bits per heavy atom. The second kappa shape index (κ2) is 9.20. The highest BCUT2D eigenvalue weighted by Gasteiger charge is 2.55. The SMILES string of the molecule is COCCN1C(=O)c2ccccc2[C@@H](C(=O)Nc2cc(OC)cc(OC)c2)C12CCCC2. The third-order valence-electron chi connectivity index (χ3n) is 6.69. The van der Waals surface area contributed by atoms with E-state index in [4.69, 9.17) is 14.2 Å². The molecule has 1 N–H and O–H groups in total. The second-order valence-electron chi connectivity index (χ2n) is 8.37. The van der Waals surface area contributed by atoms with Crippen LogP contribution in [-0.2, 0) is 9.53 Å². The number of nitrogens with zero attached hydrogens (tertiary/aromatic N) is 1. The molecule has 1 fully saturated rings. The van der Waals surface area contributed by atoms with E-state index in [1.807, 2.05) is 29.2 Å². The van der Waals surface area contributed by atoms with Gasteiger partial charge in [-0.25, -0.2) is 0 Å². The molecule has 1 aliphatic carbocycles. The second-order valence-corrected chi connectivity index (χ2v) is 8.37. The Bertz CT molecular complexity index is 977. The summed E-state index contributed by atoms with van der Waals surface area (Å²) in [7, 11) is 4.78. The van der Waals surface area contributed by atoms with Gasteiger partial charge in [-0.05, 0) is 24.5 Å². The Hall–Kier alpha value is -3.06. The zero-order chi connectivity index (χ0) is 22.7. The monoisotopic (exact) mass is 438 g/mol. The van der Waals surface area contributed by atoms with Crippen molar-refractivity contribution in [2.24, 2.45) is 0 Å². The molecule has 2 aromatic rings. The highest BCUT2D eigenvalue weighted by Crippen LogP contribution is 2.50. The van der Waals surface area contributed by atoms with Gasteiger partial charge in [-0.2, -0.15) is 0 Å². The number of hydrogen-bond acceptors (Lipinski definition) is 5. The highest BCUT2D eigenvalue weighted by atomic mass is 16.5. The molecule has 2 aliphatic rings. The molecule has 1 saturated carbocycles. The van der Waals surface area contributed by atoms with Crippen LogP contribution in [0.15, 0.2) is 42.5 Å². The molecule has 2 amide bonds. The van der Waals surface area contributed by atoms with Gasteiger partial charge in [-0.3, -0.25) is 9.59 Å². The maximum absolute atomic E-state index is 13.9. The molecule has 0 radical (unpaired) electrons. The number of fused-ring (bicyclic) bond motifs is 1. The van der Waals surface area contributed by atoms with Gasteiger partial charge in [0.15, 0.2) is 0 Å². The topological polar surface area (TPSA) is 77.1 Å². The molecule has 7 heteroatoms. The largest absolute Gasteiger partial charge is 0.497 e. The lowest BCUT2D eigenvalue weighted by Crippen LogP contribution is -2.60. The Balaban J connectivity index is 1.77. The standard InChI is InChI=1S/C25H30N2O5/c1-30-13-12-27-24(29)21-9-5-4-8-20(21)22(25(27)10-6-7-11-25)23(28)26-17-14-18(31-2)16-19(15-17)32-3/h4-5,8-9,14-16,22H,6-7,10-13H2,1-3H3,(H,26,28)/t22-/m0/s1. The molecule has 4 rings (SSSR count). The average molecular weight is 439 g/mol. The molecule has 0 unspecified atom stereocenters. The number of rotatable bonds is 7. The zero-order valence-corrected chi connectivity index (χ0v) is 18.8. The summed E-state index contributed by atoms with van der Waals surface area (Å²) in [5.74, 6) is 0.552. The predicted molar refractivity (Wildman–Crippen MR) is 121 cm³/mol. The fraction of sp³-hybridized carbons (Fsp3) is 0.440. The Labute approximate surface area is 188 Å². The number of methoxy groups -OCH3 is 3. The van der Waals surface area contributed by atoms with E-state index in [1.54, 1.807) is 39.5 Å². The van der Waals surface area contributed by atoms with Crippen molar-refractivity contribution in [1.82, 2.24) is 4.90 Å². The van der Waals surface area contributed by atoms with Gasteiger partial charge < -0.3 is 24.4 Å². The minimum absolute atomic E-state index is 0.0216. The number of carbonyl (C=O) groups is 2. The van der Waals surface area contributed by atoms with Crippen molar-refractivity contribution in [2.75, 3.05) is 39.8 Å². The quantitative estimate of drug-likeness (QED) is 0.711. The summed E-state index contributed by atoms with van der Waals surface area (Å²) in [4.78, 5) is 29.2. The summed E-state index contributed by atoms with van der Waals surface area (Å²) in [5, 5.41) is 3.08. The van der Waals surface area contributed by atoms with Crippen LogP contribution < -0.4 is 14.8 Å². The van der Waals surface area contributed by atoms with Gasteiger partial charge in [0.25, 0.3) is 5.91 Å². The van der Waals surface area contributed by atoms with E-state index in [1.165, 1.54) is 0 Å². The van der Waals surface area contributed by atoms with E-state index in [0.29, 0.717) is 35.9 Å². The first-order chi connectivity index (χ1) is 15.5. The third-order valence-corrected chi connectivity index (χ3v) is 6.69. The molecule has 0 bridgehead atoms. The van der Waals surface area contributed by atoms with Crippen molar-refractivity contribution in [3.05, 3.63) is 53.6 Å². The summed E-state index contributed by atoms with van der Waals surface area (Å²) >= 11 is 0. The molecule has 1 heterocycles. The minimum atomic E-state index is -0.559. The molecule has 0 aromatic heterocycles. The Morgan fingerprint density at radius 1 is 1.06 bits per heavy atom. The van der Waals surface area contributed by atoms with Gasteiger partial charge in [0.1, 0.15) is 11.5 Å². The van der Waals surface area contributed by atoms with Gasteiger partial charge in [-0.1, -0.05) is 31.0 Å². The lowest BCUT2D eigenvalue weighted by Gasteiger charge is -2.50. The molecule has 170 valence electrons. The smallest absolute Gasteiger partial charge is 0.254 e. The van der Waals surface area contributed by atoms with Crippen LogP contribution in [0.1, 0.15) is 47.5 Å². The van der Waals surface area contributed by atoms with Gasteiger partial charge in [-0.15, -0.1) is 0 Å².